The number of anilines is 1. The van der Waals surface area contributed by atoms with Crippen LogP contribution in [0.3, 0.4) is 0 Å². The molecule has 0 aliphatic rings. The molecule has 6 heteroatoms. The van der Waals surface area contributed by atoms with E-state index in [0.717, 1.165) is 0 Å². The zero-order chi connectivity index (χ0) is 14.4. The van der Waals surface area contributed by atoms with Crippen LogP contribution in [0.5, 0.6) is 0 Å². The second-order valence-corrected chi connectivity index (χ2v) is 4.69. The first-order valence-corrected chi connectivity index (χ1v) is 6.32. The van der Waals surface area contributed by atoms with Gasteiger partial charge in [0.05, 0.1) is 0 Å². The highest BCUT2D eigenvalue weighted by molar-refractivity contribution is 5.76. The van der Waals surface area contributed by atoms with Crippen molar-refractivity contribution >= 4 is 11.6 Å². The predicted octanol–water partition coefficient (Wildman–Crippen LogP) is 0.0499. The van der Waals surface area contributed by atoms with Crippen LogP contribution in [-0.2, 0) is 11.3 Å². The van der Waals surface area contributed by atoms with Gasteiger partial charge in [-0.2, -0.15) is 0 Å². The summed E-state index contributed by atoms with van der Waals surface area (Å²) in [4.78, 5) is 25.4. The van der Waals surface area contributed by atoms with Crippen LogP contribution in [0.4, 0.5) is 5.69 Å². The molecule has 6 nitrogen and oxygen atoms in total. The molecule has 3 N–H and O–H groups in total. The molecule has 0 radical (unpaired) electrons. The van der Waals surface area contributed by atoms with Crippen LogP contribution in [0.25, 0.3) is 0 Å². The van der Waals surface area contributed by atoms with E-state index in [1.807, 2.05) is 13.8 Å². The summed E-state index contributed by atoms with van der Waals surface area (Å²) in [5.41, 5.74) is 5.79. The van der Waals surface area contributed by atoms with Crippen molar-refractivity contribution in [2.24, 2.45) is 0 Å². The van der Waals surface area contributed by atoms with Gasteiger partial charge in [-0.15, -0.1) is 0 Å². The van der Waals surface area contributed by atoms with Crippen LogP contribution in [0, 0.1) is 0 Å². The van der Waals surface area contributed by atoms with Gasteiger partial charge in [-0.05, 0) is 26.3 Å². The van der Waals surface area contributed by atoms with Gasteiger partial charge < -0.3 is 20.3 Å². The fraction of sp³-hybridized carbons (Fsp3) is 0.538. The van der Waals surface area contributed by atoms with Crippen LogP contribution in [0.2, 0.25) is 0 Å². The molecule has 19 heavy (non-hydrogen) atoms. The largest absolute Gasteiger partial charge is 0.398 e. The molecular weight excluding hydrogens is 246 g/mol. The number of nitrogens with two attached hydrogens (primary N) is 1. The third kappa shape index (κ3) is 4.40. The summed E-state index contributed by atoms with van der Waals surface area (Å²) >= 11 is 0. The van der Waals surface area contributed by atoms with E-state index in [2.05, 4.69) is 0 Å². The SMILES string of the molecule is CC(C)N(CCCO)C(=O)Cn1cc(N)ccc1=O. The number of aliphatic hydroxyl groups is 1. The van der Waals surface area contributed by atoms with Crippen LogP contribution in [0.15, 0.2) is 23.1 Å². The van der Waals surface area contributed by atoms with Gasteiger partial charge in [-0.1, -0.05) is 0 Å². The van der Waals surface area contributed by atoms with Crippen molar-refractivity contribution in [2.45, 2.75) is 32.9 Å². The fourth-order valence-corrected chi connectivity index (χ4v) is 1.82. The molecule has 0 aliphatic heterocycles. The lowest BCUT2D eigenvalue weighted by molar-refractivity contribution is -0.133. The summed E-state index contributed by atoms with van der Waals surface area (Å²) in [5.74, 6) is -0.156. The third-order valence-corrected chi connectivity index (χ3v) is 2.81. The smallest absolute Gasteiger partial charge is 0.251 e. The topological polar surface area (TPSA) is 88.6 Å². The molecule has 0 aromatic carbocycles. The first-order chi connectivity index (χ1) is 8.95. The number of hydrogen-bond acceptors (Lipinski definition) is 4. The summed E-state index contributed by atoms with van der Waals surface area (Å²) in [6.07, 6.45) is 1.99. The minimum absolute atomic E-state index is 0.0239. The third-order valence-electron chi connectivity index (χ3n) is 2.81. The number of hydrogen-bond donors (Lipinski definition) is 2. The standard InChI is InChI=1S/C13H21N3O3/c1-10(2)16(6-3-7-17)13(19)9-15-8-11(14)4-5-12(15)18/h4-5,8,10,17H,3,6-7,9,14H2,1-2H3. The molecular formula is C13H21N3O3. The van der Waals surface area contributed by atoms with Crippen molar-refractivity contribution in [2.75, 3.05) is 18.9 Å². The maximum atomic E-state index is 12.2. The average Bonchev–Trinajstić information content (AvgIpc) is 2.34. The number of amides is 1. The van der Waals surface area contributed by atoms with Crippen molar-refractivity contribution in [3.05, 3.63) is 28.7 Å². The quantitative estimate of drug-likeness (QED) is 0.762. The van der Waals surface area contributed by atoms with E-state index in [0.29, 0.717) is 18.7 Å². The summed E-state index contributed by atoms with van der Waals surface area (Å²) in [5, 5.41) is 8.84. The van der Waals surface area contributed by atoms with E-state index >= 15 is 0 Å². The Bertz CT molecular complexity index is 482. The Kier molecular flexibility index (Phi) is 5.57. The molecule has 1 heterocycles. The van der Waals surface area contributed by atoms with E-state index in [1.54, 1.807) is 4.90 Å². The Hall–Kier alpha value is -1.82. The van der Waals surface area contributed by atoms with Crippen molar-refractivity contribution in [1.82, 2.24) is 9.47 Å². The monoisotopic (exact) mass is 267 g/mol. The number of carbonyl (C=O) groups excluding carboxylic acids is 1. The average molecular weight is 267 g/mol. The van der Waals surface area contributed by atoms with Gasteiger partial charge in [0.2, 0.25) is 5.91 Å². The first kappa shape index (κ1) is 15.2. The molecule has 1 rings (SSSR count). The highest BCUT2D eigenvalue weighted by Crippen LogP contribution is 2.03. The van der Waals surface area contributed by atoms with Gasteiger partial charge in [-0.25, -0.2) is 0 Å². The van der Waals surface area contributed by atoms with Crippen molar-refractivity contribution in [3.8, 4) is 0 Å². The van der Waals surface area contributed by atoms with E-state index in [-0.39, 0.29) is 30.7 Å². The number of nitrogen functional groups attached to an aromatic ring is 1. The maximum Gasteiger partial charge on any atom is 0.251 e. The van der Waals surface area contributed by atoms with Gasteiger partial charge in [0, 0.05) is 37.1 Å². The number of aliphatic hydroxyl groups excluding tert-OH is 1. The Morgan fingerprint density at radius 2 is 2.16 bits per heavy atom. The highest BCUT2D eigenvalue weighted by Gasteiger charge is 2.17. The highest BCUT2D eigenvalue weighted by atomic mass is 16.3. The molecule has 0 spiro atoms. The first-order valence-electron chi connectivity index (χ1n) is 6.32. The minimum atomic E-state index is -0.256. The number of nitrogens with zero attached hydrogens (tertiary/aromatic N) is 2. The molecule has 0 fully saturated rings. The lowest BCUT2D eigenvalue weighted by Gasteiger charge is -2.26. The van der Waals surface area contributed by atoms with Gasteiger partial charge in [0.25, 0.3) is 5.56 Å². The number of rotatable bonds is 6. The molecule has 1 amide bonds. The van der Waals surface area contributed by atoms with Crippen LogP contribution in [0.1, 0.15) is 20.3 Å². The van der Waals surface area contributed by atoms with Crippen molar-refractivity contribution in [1.29, 1.82) is 0 Å². The molecule has 106 valence electrons. The van der Waals surface area contributed by atoms with Gasteiger partial charge >= 0.3 is 0 Å². The zero-order valence-corrected chi connectivity index (χ0v) is 11.4. The second kappa shape index (κ2) is 6.94. The molecule has 1 aromatic heterocycles. The van der Waals surface area contributed by atoms with Gasteiger partial charge in [-0.3, -0.25) is 9.59 Å². The molecule has 0 saturated heterocycles. The van der Waals surface area contributed by atoms with E-state index < -0.39 is 0 Å². The van der Waals surface area contributed by atoms with Crippen molar-refractivity contribution in [3.63, 3.8) is 0 Å². The van der Waals surface area contributed by atoms with Crippen LogP contribution in [-0.4, -0.2) is 39.7 Å². The second-order valence-electron chi connectivity index (χ2n) is 4.69. The number of pyridine rings is 1. The Morgan fingerprint density at radius 3 is 2.74 bits per heavy atom. The summed E-state index contributed by atoms with van der Waals surface area (Å²) < 4.78 is 1.30. The van der Waals surface area contributed by atoms with Crippen LogP contribution < -0.4 is 11.3 Å². The molecule has 0 atom stereocenters. The summed E-state index contributed by atoms with van der Waals surface area (Å²) in [6, 6.07) is 2.88. The summed E-state index contributed by atoms with van der Waals surface area (Å²) in [7, 11) is 0. The van der Waals surface area contributed by atoms with Crippen molar-refractivity contribution < 1.29 is 9.90 Å². The fourth-order valence-electron chi connectivity index (χ4n) is 1.82. The van der Waals surface area contributed by atoms with E-state index in [9.17, 15) is 9.59 Å². The van der Waals surface area contributed by atoms with E-state index in [1.165, 1.54) is 22.9 Å². The maximum absolute atomic E-state index is 12.2. The zero-order valence-electron chi connectivity index (χ0n) is 11.4. The Morgan fingerprint density at radius 1 is 1.47 bits per heavy atom. The number of carbonyl (C=O) groups is 1. The molecule has 0 aliphatic carbocycles. The molecule has 0 bridgehead atoms. The lowest BCUT2D eigenvalue weighted by atomic mass is 10.2. The Labute approximate surface area is 112 Å². The van der Waals surface area contributed by atoms with Gasteiger partial charge in [0.15, 0.2) is 0 Å². The number of aromatic nitrogens is 1. The molecule has 0 unspecified atom stereocenters. The minimum Gasteiger partial charge on any atom is -0.398 e. The van der Waals surface area contributed by atoms with Gasteiger partial charge in [0.1, 0.15) is 6.54 Å². The Balaban J connectivity index is 2.81. The summed E-state index contributed by atoms with van der Waals surface area (Å²) in [6.45, 7) is 4.28. The normalized spacial score (nSPS) is 10.7. The lowest BCUT2D eigenvalue weighted by Crippen LogP contribution is -2.41. The predicted molar refractivity (Wildman–Crippen MR) is 73.7 cm³/mol. The van der Waals surface area contributed by atoms with E-state index in [4.69, 9.17) is 10.8 Å². The molecule has 1 aromatic rings. The molecule has 0 saturated carbocycles. The van der Waals surface area contributed by atoms with Crippen LogP contribution >= 0.6 is 0 Å².